The van der Waals surface area contributed by atoms with Crippen LogP contribution in [-0.2, 0) is 16.4 Å². The summed E-state index contributed by atoms with van der Waals surface area (Å²) in [5, 5.41) is 0. The minimum absolute atomic E-state index is 0.327. The largest absolute Gasteiger partial charge is 0.240 e. The van der Waals surface area contributed by atoms with Crippen molar-refractivity contribution < 1.29 is 8.42 Å². The standard InChI is InChI=1S/C16H18BrNO2S/c1-12-10-13(2)16(11-15(12)17)21(19,20)18-9-8-14-6-4-3-5-7-14/h3-7,10-11,18H,8-9H2,1-2H3. The van der Waals surface area contributed by atoms with Crippen LogP contribution in [0.25, 0.3) is 0 Å². The van der Waals surface area contributed by atoms with Gasteiger partial charge in [-0.3, -0.25) is 0 Å². The van der Waals surface area contributed by atoms with Crippen LogP contribution in [0.3, 0.4) is 0 Å². The lowest BCUT2D eigenvalue weighted by atomic mass is 10.2. The van der Waals surface area contributed by atoms with Crippen LogP contribution in [0.1, 0.15) is 16.7 Å². The van der Waals surface area contributed by atoms with Gasteiger partial charge in [0.05, 0.1) is 4.90 Å². The number of halogens is 1. The molecule has 21 heavy (non-hydrogen) atoms. The number of sulfonamides is 1. The van der Waals surface area contributed by atoms with Crippen LogP contribution in [0, 0.1) is 13.8 Å². The van der Waals surface area contributed by atoms with Crippen molar-refractivity contribution in [1.29, 1.82) is 0 Å². The second-order valence-corrected chi connectivity index (χ2v) is 7.59. The Bertz CT molecular complexity index is 727. The van der Waals surface area contributed by atoms with Crippen LogP contribution in [0.15, 0.2) is 51.8 Å². The third kappa shape index (κ3) is 4.15. The molecule has 112 valence electrons. The topological polar surface area (TPSA) is 46.2 Å². The second-order valence-electron chi connectivity index (χ2n) is 5.00. The molecule has 0 aliphatic carbocycles. The van der Waals surface area contributed by atoms with Gasteiger partial charge in [-0.2, -0.15) is 0 Å². The molecule has 0 unspecified atom stereocenters. The van der Waals surface area contributed by atoms with E-state index in [1.807, 2.05) is 50.2 Å². The molecule has 0 radical (unpaired) electrons. The molecule has 2 aromatic rings. The van der Waals surface area contributed by atoms with Crippen molar-refractivity contribution in [3.63, 3.8) is 0 Å². The number of aryl methyl sites for hydroxylation is 2. The number of rotatable bonds is 5. The Morgan fingerprint density at radius 1 is 1.05 bits per heavy atom. The maximum atomic E-state index is 12.4. The molecule has 3 nitrogen and oxygen atoms in total. The fourth-order valence-corrected chi connectivity index (χ4v) is 3.93. The van der Waals surface area contributed by atoms with Gasteiger partial charge in [0, 0.05) is 11.0 Å². The van der Waals surface area contributed by atoms with E-state index in [1.165, 1.54) is 0 Å². The number of hydrogen-bond donors (Lipinski definition) is 1. The van der Waals surface area contributed by atoms with E-state index in [1.54, 1.807) is 6.07 Å². The first-order valence-electron chi connectivity index (χ1n) is 6.70. The Kier molecular flexibility index (Phi) is 5.19. The molecular formula is C16H18BrNO2S. The van der Waals surface area contributed by atoms with Gasteiger partial charge in [-0.15, -0.1) is 0 Å². The van der Waals surface area contributed by atoms with Crippen molar-refractivity contribution in [2.75, 3.05) is 6.54 Å². The van der Waals surface area contributed by atoms with Crippen molar-refractivity contribution in [2.24, 2.45) is 0 Å². The Balaban J connectivity index is 2.10. The summed E-state index contributed by atoms with van der Waals surface area (Å²) in [7, 11) is -3.48. The molecule has 2 rings (SSSR count). The third-order valence-electron chi connectivity index (χ3n) is 3.29. The molecule has 0 fully saturated rings. The summed E-state index contributed by atoms with van der Waals surface area (Å²) in [6.45, 7) is 4.14. The van der Waals surface area contributed by atoms with Crippen LogP contribution in [0.2, 0.25) is 0 Å². The highest BCUT2D eigenvalue weighted by atomic mass is 79.9. The predicted octanol–water partition coefficient (Wildman–Crippen LogP) is 3.59. The summed E-state index contributed by atoms with van der Waals surface area (Å²) in [4.78, 5) is 0.327. The molecule has 5 heteroatoms. The smallest absolute Gasteiger partial charge is 0.211 e. The van der Waals surface area contributed by atoms with Crippen molar-refractivity contribution in [3.05, 3.63) is 63.6 Å². The van der Waals surface area contributed by atoms with Gasteiger partial charge in [-0.05, 0) is 43.0 Å². The molecular weight excluding hydrogens is 350 g/mol. The van der Waals surface area contributed by atoms with Crippen LogP contribution in [0.4, 0.5) is 0 Å². The van der Waals surface area contributed by atoms with Crippen LogP contribution < -0.4 is 4.72 Å². The molecule has 0 heterocycles. The fourth-order valence-electron chi connectivity index (χ4n) is 2.15. The van der Waals surface area contributed by atoms with E-state index in [-0.39, 0.29) is 0 Å². The van der Waals surface area contributed by atoms with Gasteiger partial charge in [-0.1, -0.05) is 52.3 Å². The van der Waals surface area contributed by atoms with Crippen molar-refractivity contribution in [1.82, 2.24) is 4.72 Å². The van der Waals surface area contributed by atoms with E-state index >= 15 is 0 Å². The van der Waals surface area contributed by atoms with E-state index in [0.717, 1.165) is 21.2 Å². The highest BCUT2D eigenvalue weighted by molar-refractivity contribution is 9.10. The average molecular weight is 368 g/mol. The normalized spacial score (nSPS) is 11.6. The molecule has 0 aromatic heterocycles. The monoisotopic (exact) mass is 367 g/mol. The summed E-state index contributed by atoms with van der Waals surface area (Å²) in [6.07, 6.45) is 0.673. The van der Waals surface area contributed by atoms with Crippen LogP contribution >= 0.6 is 15.9 Å². The van der Waals surface area contributed by atoms with Gasteiger partial charge >= 0.3 is 0 Å². The Hall–Kier alpha value is -1.17. The molecule has 0 aliphatic heterocycles. The van der Waals surface area contributed by atoms with Crippen molar-refractivity contribution in [2.45, 2.75) is 25.2 Å². The summed E-state index contributed by atoms with van der Waals surface area (Å²) >= 11 is 3.39. The van der Waals surface area contributed by atoms with Crippen LogP contribution in [-0.4, -0.2) is 15.0 Å². The lowest BCUT2D eigenvalue weighted by Crippen LogP contribution is -2.26. The highest BCUT2D eigenvalue weighted by Crippen LogP contribution is 2.24. The van der Waals surface area contributed by atoms with Gasteiger partial charge in [0.2, 0.25) is 10.0 Å². The first kappa shape index (κ1) is 16.2. The van der Waals surface area contributed by atoms with E-state index in [0.29, 0.717) is 17.9 Å². The van der Waals surface area contributed by atoms with Gasteiger partial charge in [0.1, 0.15) is 0 Å². The Morgan fingerprint density at radius 3 is 2.38 bits per heavy atom. The quantitative estimate of drug-likeness (QED) is 0.877. The van der Waals surface area contributed by atoms with Gasteiger partial charge < -0.3 is 0 Å². The Labute approximate surface area is 134 Å². The van der Waals surface area contributed by atoms with E-state index in [9.17, 15) is 8.42 Å². The third-order valence-corrected chi connectivity index (χ3v) is 5.75. The summed E-state index contributed by atoms with van der Waals surface area (Å²) in [6, 6.07) is 13.4. The van der Waals surface area contributed by atoms with E-state index in [2.05, 4.69) is 20.7 Å². The minimum Gasteiger partial charge on any atom is -0.211 e. The minimum atomic E-state index is -3.48. The summed E-state index contributed by atoms with van der Waals surface area (Å²) < 4.78 is 28.2. The van der Waals surface area contributed by atoms with Gasteiger partial charge in [0.15, 0.2) is 0 Å². The van der Waals surface area contributed by atoms with Crippen molar-refractivity contribution >= 4 is 26.0 Å². The highest BCUT2D eigenvalue weighted by Gasteiger charge is 2.17. The molecule has 0 amide bonds. The summed E-state index contributed by atoms with van der Waals surface area (Å²) in [5.74, 6) is 0. The number of hydrogen-bond acceptors (Lipinski definition) is 2. The zero-order valence-electron chi connectivity index (χ0n) is 12.1. The molecule has 0 saturated heterocycles. The lowest BCUT2D eigenvalue weighted by Gasteiger charge is -2.11. The number of nitrogens with one attached hydrogen (secondary N) is 1. The van der Waals surface area contributed by atoms with E-state index < -0.39 is 10.0 Å². The zero-order valence-corrected chi connectivity index (χ0v) is 14.5. The van der Waals surface area contributed by atoms with E-state index in [4.69, 9.17) is 0 Å². The first-order valence-corrected chi connectivity index (χ1v) is 8.98. The SMILES string of the molecule is Cc1cc(C)c(S(=O)(=O)NCCc2ccccc2)cc1Br. The number of benzene rings is 2. The first-order chi connectivity index (χ1) is 9.90. The molecule has 0 aliphatic rings. The van der Waals surface area contributed by atoms with Gasteiger partial charge in [-0.25, -0.2) is 13.1 Å². The molecule has 0 atom stereocenters. The molecule has 0 saturated carbocycles. The van der Waals surface area contributed by atoms with Gasteiger partial charge in [0.25, 0.3) is 0 Å². The van der Waals surface area contributed by atoms with Crippen molar-refractivity contribution in [3.8, 4) is 0 Å². The maximum Gasteiger partial charge on any atom is 0.240 e. The fraction of sp³-hybridized carbons (Fsp3) is 0.250. The molecule has 0 bridgehead atoms. The second kappa shape index (κ2) is 6.73. The molecule has 1 N–H and O–H groups in total. The predicted molar refractivity (Wildman–Crippen MR) is 89.0 cm³/mol. The maximum absolute atomic E-state index is 12.4. The molecule has 0 spiro atoms. The summed E-state index contributed by atoms with van der Waals surface area (Å²) in [5.41, 5.74) is 2.89. The van der Waals surface area contributed by atoms with Crippen LogP contribution in [0.5, 0.6) is 0 Å². The Morgan fingerprint density at radius 2 is 1.71 bits per heavy atom. The average Bonchev–Trinajstić information content (AvgIpc) is 2.43. The molecule has 2 aromatic carbocycles. The lowest BCUT2D eigenvalue weighted by molar-refractivity contribution is 0.581. The zero-order chi connectivity index (χ0) is 15.5.